The number of hydrogen-bond acceptors (Lipinski definition) is 2. The van der Waals surface area contributed by atoms with Crippen molar-refractivity contribution in [2.45, 2.75) is 64.1 Å². The molecule has 14 heavy (non-hydrogen) atoms. The van der Waals surface area contributed by atoms with Crippen LogP contribution in [0.25, 0.3) is 0 Å². The maximum Gasteiger partial charge on any atom is 0.136 e. The topological polar surface area (TPSA) is 26.3 Å². The number of hydrogen-bond donors (Lipinski definition) is 0. The lowest BCUT2D eigenvalue weighted by molar-refractivity contribution is -0.121. The Hall–Kier alpha value is -0.370. The molecule has 1 heterocycles. The highest BCUT2D eigenvalue weighted by Crippen LogP contribution is 2.34. The first-order valence-electron chi connectivity index (χ1n) is 5.77. The molecule has 2 aliphatic rings. The van der Waals surface area contributed by atoms with Crippen LogP contribution >= 0.6 is 0 Å². The second-order valence-electron chi connectivity index (χ2n) is 5.32. The average molecular weight is 196 g/mol. The molecule has 80 valence electrons. The van der Waals surface area contributed by atoms with E-state index in [9.17, 15) is 4.79 Å². The average Bonchev–Trinajstić information content (AvgIpc) is 2.88. The molecule has 0 aromatic rings. The van der Waals surface area contributed by atoms with Gasteiger partial charge in [0.2, 0.25) is 0 Å². The lowest BCUT2D eigenvalue weighted by atomic mass is 10.0. The van der Waals surface area contributed by atoms with Crippen molar-refractivity contribution in [3.05, 3.63) is 0 Å². The van der Waals surface area contributed by atoms with Gasteiger partial charge in [-0.05, 0) is 46.0 Å². The third-order valence-corrected chi connectivity index (χ3v) is 3.30. The summed E-state index contributed by atoms with van der Waals surface area (Å²) in [7, 11) is 0. The zero-order chi connectivity index (χ0) is 10.2. The third kappa shape index (κ3) is 2.57. The van der Waals surface area contributed by atoms with Gasteiger partial charge in [-0.15, -0.1) is 0 Å². The van der Waals surface area contributed by atoms with Gasteiger partial charge in [0.05, 0.1) is 11.7 Å². The molecular weight excluding hydrogens is 176 g/mol. The van der Waals surface area contributed by atoms with Crippen molar-refractivity contribution in [3.8, 4) is 0 Å². The van der Waals surface area contributed by atoms with Crippen molar-refractivity contribution in [3.63, 3.8) is 0 Å². The second-order valence-corrected chi connectivity index (χ2v) is 5.32. The summed E-state index contributed by atoms with van der Waals surface area (Å²) in [5.41, 5.74) is 0.0489. The predicted molar refractivity (Wildman–Crippen MR) is 55.2 cm³/mol. The predicted octanol–water partition coefficient (Wildman–Crippen LogP) is 2.70. The maximum absolute atomic E-state index is 11.5. The van der Waals surface area contributed by atoms with E-state index in [2.05, 4.69) is 13.8 Å². The summed E-state index contributed by atoms with van der Waals surface area (Å²) >= 11 is 0. The molecule has 0 amide bonds. The quantitative estimate of drug-likeness (QED) is 0.691. The molecule has 2 heteroatoms. The highest BCUT2D eigenvalue weighted by atomic mass is 16.5. The van der Waals surface area contributed by atoms with Crippen molar-refractivity contribution in [1.29, 1.82) is 0 Å². The Morgan fingerprint density at radius 2 is 2.07 bits per heavy atom. The van der Waals surface area contributed by atoms with E-state index in [1.54, 1.807) is 0 Å². The van der Waals surface area contributed by atoms with Gasteiger partial charge < -0.3 is 4.74 Å². The van der Waals surface area contributed by atoms with Gasteiger partial charge in [-0.3, -0.25) is 4.79 Å². The van der Waals surface area contributed by atoms with Crippen LogP contribution < -0.4 is 0 Å². The molecule has 1 atom stereocenters. The largest absolute Gasteiger partial charge is 0.372 e. The lowest BCUT2D eigenvalue weighted by Gasteiger charge is -2.18. The Bertz CT molecular complexity index is 228. The molecule has 2 nitrogen and oxygen atoms in total. The minimum absolute atomic E-state index is 0.0489. The molecular formula is C12H20O2. The molecule has 2 fully saturated rings. The maximum atomic E-state index is 11.5. The van der Waals surface area contributed by atoms with Crippen molar-refractivity contribution >= 4 is 5.78 Å². The minimum Gasteiger partial charge on any atom is -0.372 e. The number of ketones is 1. The van der Waals surface area contributed by atoms with Gasteiger partial charge in [0.25, 0.3) is 0 Å². The summed E-state index contributed by atoms with van der Waals surface area (Å²) in [6, 6.07) is 0. The molecule has 0 N–H and O–H groups in total. The van der Waals surface area contributed by atoms with Crippen molar-refractivity contribution < 1.29 is 9.53 Å². The van der Waals surface area contributed by atoms with E-state index in [1.807, 2.05) is 0 Å². The summed E-state index contributed by atoms with van der Waals surface area (Å²) < 4.78 is 5.85. The fourth-order valence-electron chi connectivity index (χ4n) is 2.19. The van der Waals surface area contributed by atoms with Crippen LogP contribution in [0.3, 0.4) is 0 Å². The summed E-state index contributed by atoms with van der Waals surface area (Å²) in [5.74, 6) is 0.891. The van der Waals surface area contributed by atoms with Crippen LogP contribution in [0.1, 0.15) is 52.4 Å². The van der Waals surface area contributed by atoms with Gasteiger partial charge in [-0.2, -0.15) is 0 Å². The first-order valence-corrected chi connectivity index (χ1v) is 5.77. The van der Waals surface area contributed by atoms with Crippen LogP contribution in [-0.4, -0.2) is 17.5 Å². The fraction of sp³-hybridized carbons (Fsp3) is 0.917. The number of rotatable bonds is 4. The Labute approximate surface area is 86.0 Å². The molecule has 1 aliphatic carbocycles. The molecule has 1 aliphatic heterocycles. The van der Waals surface area contributed by atoms with E-state index in [-0.39, 0.29) is 5.60 Å². The zero-order valence-electron chi connectivity index (χ0n) is 9.21. The van der Waals surface area contributed by atoms with Gasteiger partial charge >= 0.3 is 0 Å². The van der Waals surface area contributed by atoms with Gasteiger partial charge in [0, 0.05) is 12.3 Å². The van der Waals surface area contributed by atoms with Gasteiger partial charge in [-0.25, -0.2) is 0 Å². The number of carbonyl (C=O) groups is 1. The van der Waals surface area contributed by atoms with E-state index in [0.717, 1.165) is 38.5 Å². The summed E-state index contributed by atoms with van der Waals surface area (Å²) in [6.45, 7) is 4.27. The van der Waals surface area contributed by atoms with Gasteiger partial charge in [0.15, 0.2) is 0 Å². The van der Waals surface area contributed by atoms with E-state index < -0.39 is 0 Å². The highest BCUT2D eigenvalue weighted by molar-refractivity contribution is 5.83. The lowest BCUT2D eigenvalue weighted by Crippen LogP contribution is -2.20. The Morgan fingerprint density at radius 1 is 1.36 bits per heavy atom. The van der Waals surface area contributed by atoms with Crippen LogP contribution in [0, 0.1) is 5.92 Å². The molecule has 1 unspecified atom stereocenters. The minimum atomic E-state index is 0.0489. The highest BCUT2D eigenvalue weighted by Gasteiger charge is 2.33. The van der Waals surface area contributed by atoms with E-state index >= 15 is 0 Å². The summed E-state index contributed by atoms with van der Waals surface area (Å²) in [6.07, 6.45) is 6.56. The van der Waals surface area contributed by atoms with Gasteiger partial charge in [-0.1, -0.05) is 0 Å². The molecule has 2 rings (SSSR count). The normalized spacial score (nSPS) is 30.6. The third-order valence-electron chi connectivity index (χ3n) is 3.30. The Balaban J connectivity index is 1.68. The standard InChI is InChI=1S/C12H20O2/c1-12(2)8-7-10(14-12)5-6-11(13)9-3-4-9/h9-10H,3-8H2,1-2H3. The second kappa shape index (κ2) is 3.65. The fourth-order valence-corrected chi connectivity index (χ4v) is 2.19. The Kier molecular flexibility index (Phi) is 2.65. The first-order chi connectivity index (χ1) is 6.57. The number of Topliss-reactive ketones (excluding diaryl/α,β-unsaturated/α-hetero) is 1. The molecule has 0 spiro atoms. The van der Waals surface area contributed by atoms with Crippen LogP contribution in [-0.2, 0) is 9.53 Å². The van der Waals surface area contributed by atoms with Gasteiger partial charge in [0.1, 0.15) is 5.78 Å². The number of carbonyl (C=O) groups excluding carboxylic acids is 1. The van der Waals surface area contributed by atoms with Crippen molar-refractivity contribution in [1.82, 2.24) is 0 Å². The molecule has 0 aromatic carbocycles. The molecule has 1 saturated carbocycles. The van der Waals surface area contributed by atoms with Crippen LogP contribution in [0.5, 0.6) is 0 Å². The molecule has 0 bridgehead atoms. The smallest absolute Gasteiger partial charge is 0.136 e. The molecule has 1 saturated heterocycles. The summed E-state index contributed by atoms with van der Waals surface area (Å²) in [5, 5.41) is 0. The first kappa shape index (κ1) is 10.2. The van der Waals surface area contributed by atoms with E-state index in [4.69, 9.17) is 4.74 Å². The van der Waals surface area contributed by atoms with Crippen LogP contribution in [0.2, 0.25) is 0 Å². The molecule has 0 aromatic heterocycles. The SMILES string of the molecule is CC1(C)CCC(CCC(=O)C2CC2)O1. The monoisotopic (exact) mass is 196 g/mol. The zero-order valence-corrected chi connectivity index (χ0v) is 9.21. The van der Waals surface area contributed by atoms with Crippen molar-refractivity contribution in [2.75, 3.05) is 0 Å². The van der Waals surface area contributed by atoms with Crippen LogP contribution in [0.4, 0.5) is 0 Å². The molecule has 0 radical (unpaired) electrons. The van der Waals surface area contributed by atoms with Crippen LogP contribution in [0.15, 0.2) is 0 Å². The summed E-state index contributed by atoms with van der Waals surface area (Å²) in [4.78, 5) is 11.5. The van der Waals surface area contributed by atoms with Crippen molar-refractivity contribution in [2.24, 2.45) is 5.92 Å². The van der Waals surface area contributed by atoms with E-state index in [1.165, 1.54) is 0 Å². The van der Waals surface area contributed by atoms with E-state index in [0.29, 0.717) is 17.8 Å². The number of ether oxygens (including phenoxy) is 1. The Morgan fingerprint density at radius 3 is 2.57 bits per heavy atom.